The third-order valence-corrected chi connectivity index (χ3v) is 6.35. The van der Waals surface area contributed by atoms with Crippen molar-refractivity contribution in [1.29, 1.82) is 0 Å². The Balaban J connectivity index is 2.70. The van der Waals surface area contributed by atoms with Crippen molar-refractivity contribution in [2.24, 2.45) is 0 Å². The van der Waals surface area contributed by atoms with Crippen LogP contribution in [-0.2, 0) is 19.3 Å². The van der Waals surface area contributed by atoms with Crippen molar-refractivity contribution in [3.8, 4) is 0 Å². The smallest absolute Gasteiger partial charge is 0.403 e. The predicted molar refractivity (Wildman–Crippen MR) is 82.2 cm³/mol. The SMILES string of the molecule is CCC(CCS(=O)(=O)N(C)C)B1OC(C)(C)C(C)(C)O1. The fourth-order valence-electron chi connectivity index (χ4n) is 2.10. The molecular formula is C13H28BNO4S. The lowest BCUT2D eigenvalue weighted by Gasteiger charge is -2.32. The zero-order valence-electron chi connectivity index (χ0n) is 13.8. The lowest BCUT2D eigenvalue weighted by Crippen LogP contribution is -2.41. The Kier molecular flexibility index (Phi) is 5.34. The molecule has 0 radical (unpaired) electrons. The van der Waals surface area contributed by atoms with Gasteiger partial charge in [-0.3, -0.25) is 0 Å². The molecule has 1 heterocycles. The highest BCUT2D eigenvalue weighted by Gasteiger charge is 2.53. The predicted octanol–water partition coefficient (Wildman–Crippen LogP) is 2.14. The van der Waals surface area contributed by atoms with Crippen LogP contribution in [0.4, 0.5) is 0 Å². The van der Waals surface area contributed by atoms with Crippen molar-refractivity contribution in [3.05, 3.63) is 0 Å². The zero-order valence-corrected chi connectivity index (χ0v) is 14.6. The molecule has 0 bridgehead atoms. The van der Waals surface area contributed by atoms with Gasteiger partial charge in [-0.15, -0.1) is 0 Å². The number of hydrogen-bond acceptors (Lipinski definition) is 4. The molecule has 0 amide bonds. The van der Waals surface area contributed by atoms with Gasteiger partial charge in [0.1, 0.15) is 0 Å². The standard InChI is InChI=1S/C13H28BNO4S/c1-8-11(9-10-20(16,17)15(6)7)14-18-12(2,3)13(4,5)19-14/h11H,8-10H2,1-7H3. The molecule has 1 aliphatic heterocycles. The van der Waals surface area contributed by atoms with Gasteiger partial charge in [-0.2, -0.15) is 0 Å². The second-order valence-corrected chi connectivity index (χ2v) is 8.98. The highest BCUT2D eigenvalue weighted by Crippen LogP contribution is 2.41. The molecule has 20 heavy (non-hydrogen) atoms. The van der Waals surface area contributed by atoms with Crippen LogP contribution in [0.3, 0.4) is 0 Å². The summed E-state index contributed by atoms with van der Waals surface area (Å²) >= 11 is 0. The van der Waals surface area contributed by atoms with E-state index in [-0.39, 0.29) is 29.9 Å². The van der Waals surface area contributed by atoms with E-state index in [1.807, 2.05) is 34.6 Å². The Hall–Kier alpha value is -0.105. The van der Waals surface area contributed by atoms with Crippen LogP contribution in [0.1, 0.15) is 47.5 Å². The number of sulfonamides is 1. The summed E-state index contributed by atoms with van der Waals surface area (Å²) < 4.78 is 37.0. The average molecular weight is 305 g/mol. The van der Waals surface area contributed by atoms with Crippen LogP contribution in [0.25, 0.3) is 0 Å². The molecule has 0 saturated carbocycles. The van der Waals surface area contributed by atoms with Crippen LogP contribution in [0.15, 0.2) is 0 Å². The van der Waals surface area contributed by atoms with E-state index in [9.17, 15) is 8.42 Å². The maximum Gasteiger partial charge on any atom is 0.461 e. The second kappa shape index (κ2) is 5.95. The lowest BCUT2D eigenvalue weighted by atomic mass is 9.69. The molecule has 1 fully saturated rings. The summed E-state index contributed by atoms with van der Waals surface area (Å²) in [7, 11) is -0.378. The van der Waals surface area contributed by atoms with Crippen LogP contribution in [0.2, 0.25) is 5.82 Å². The molecule has 0 aliphatic carbocycles. The van der Waals surface area contributed by atoms with Crippen molar-refractivity contribution in [2.45, 2.75) is 64.5 Å². The lowest BCUT2D eigenvalue weighted by molar-refractivity contribution is 0.00578. The molecule has 1 saturated heterocycles. The van der Waals surface area contributed by atoms with Gasteiger partial charge in [0.05, 0.1) is 17.0 Å². The van der Waals surface area contributed by atoms with Gasteiger partial charge in [0.2, 0.25) is 10.0 Å². The Morgan fingerprint density at radius 3 is 1.90 bits per heavy atom. The van der Waals surface area contributed by atoms with Crippen LogP contribution in [0, 0.1) is 0 Å². The first kappa shape index (κ1) is 17.9. The van der Waals surface area contributed by atoms with Crippen LogP contribution in [0.5, 0.6) is 0 Å². The zero-order chi connectivity index (χ0) is 15.8. The van der Waals surface area contributed by atoms with Gasteiger partial charge in [0, 0.05) is 14.1 Å². The van der Waals surface area contributed by atoms with Crippen molar-refractivity contribution in [3.63, 3.8) is 0 Å². The van der Waals surface area contributed by atoms with Crippen LogP contribution in [-0.4, -0.2) is 50.9 Å². The molecule has 1 rings (SSSR count). The molecule has 1 atom stereocenters. The van der Waals surface area contributed by atoms with E-state index in [0.717, 1.165) is 6.42 Å². The van der Waals surface area contributed by atoms with Gasteiger partial charge < -0.3 is 9.31 Å². The molecule has 0 aromatic heterocycles. The summed E-state index contributed by atoms with van der Waals surface area (Å²) in [5.41, 5.74) is -0.739. The Morgan fingerprint density at radius 2 is 1.55 bits per heavy atom. The monoisotopic (exact) mass is 305 g/mol. The summed E-state index contributed by atoms with van der Waals surface area (Å²) in [4.78, 5) is 0. The van der Waals surface area contributed by atoms with Gasteiger partial charge >= 0.3 is 7.12 Å². The molecule has 0 aromatic rings. The van der Waals surface area contributed by atoms with E-state index >= 15 is 0 Å². The summed E-state index contributed by atoms with van der Waals surface area (Å²) in [5, 5.41) is 0. The minimum Gasteiger partial charge on any atom is -0.403 e. The molecule has 0 spiro atoms. The van der Waals surface area contributed by atoms with Crippen molar-refractivity contribution >= 4 is 17.1 Å². The summed E-state index contributed by atoms with van der Waals surface area (Å²) in [6.45, 7) is 10.1. The first-order valence-electron chi connectivity index (χ1n) is 7.19. The fraction of sp³-hybridized carbons (Fsp3) is 1.00. The van der Waals surface area contributed by atoms with Crippen molar-refractivity contribution in [2.75, 3.05) is 19.8 Å². The van der Waals surface area contributed by atoms with Crippen molar-refractivity contribution < 1.29 is 17.7 Å². The Bertz CT molecular complexity index is 418. The second-order valence-electron chi connectivity index (χ2n) is 6.68. The fourth-order valence-corrected chi connectivity index (χ4v) is 3.06. The van der Waals surface area contributed by atoms with E-state index in [4.69, 9.17) is 9.31 Å². The van der Waals surface area contributed by atoms with Gasteiger partial charge in [0.25, 0.3) is 0 Å². The highest BCUT2D eigenvalue weighted by molar-refractivity contribution is 7.89. The van der Waals surface area contributed by atoms with Gasteiger partial charge in [0.15, 0.2) is 0 Å². The molecular weight excluding hydrogens is 277 g/mol. The van der Waals surface area contributed by atoms with Gasteiger partial charge in [-0.05, 0) is 39.9 Å². The number of rotatable bonds is 6. The Morgan fingerprint density at radius 1 is 1.10 bits per heavy atom. The molecule has 1 aliphatic rings. The summed E-state index contributed by atoms with van der Waals surface area (Å²) in [6, 6.07) is 0. The Labute approximate surface area is 124 Å². The number of nitrogens with zero attached hydrogens (tertiary/aromatic N) is 1. The van der Waals surface area contributed by atoms with Crippen LogP contribution >= 0.6 is 0 Å². The van der Waals surface area contributed by atoms with Gasteiger partial charge in [-0.25, -0.2) is 12.7 Å². The van der Waals surface area contributed by atoms with E-state index < -0.39 is 10.0 Å². The quantitative estimate of drug-likeness (QED) is 0.706. The van der Waals surface area contributed by atoms with Crippen LogP contribution < -0.4 is 0 Å². The topological polar surface area (TPSA) is 55.8 Å². The third kappa shape index (κ3) is 3.75. The summed E-state index contributed by atoms with van der Waals surface area (Å²) in [6.07, 6.45) is 1.38. The first-order valence-corrected chi connectivity index (χ1v) is 8.79. The van der Waals surface area contributed by atoms with E-state index in [1.165, 1.54) is 4.31 Å². The maximum atomic E-state index is 11.9. The largest absolute Gasteiger partial charge is 0.461 e. The summed E-state index contributed by atoms with van der Waals surface area (Å²) in [5.74, 6) is 0.216. The van der Waals surface area contributed by atoms with Crippen molar-refractivity contribution in [1.82, 2.24) is 4.31 Å². The number of hydrogen-bond donors (Lipinski definition) is 0. The average Bonchev–Trinajstić information content (AvgIpc) is 2.48. The molecule has 0 aromatic carbocycles. The third-order valence-electron chi connectivity index (χ3n) is 4.48. The minimum absolute atomic E-state index is 0.0887. The first-order chi connectivity index (χ1) is 8.93. The molecule has 7 heteroatoms. The molecule has 0 N–H and O–H groups in total. The van der Waals surface area contributed by atoms with E-state index in [2.05, 4.69) is 0 Å². The molecule has 5 nitrogen and oxygen atoms in total. The molecule has 118 valence electrons. The van der Waals surface area contributed by atoms with E-state index in [0.29, 0.717) is 6.42 Å². The van der Waals surface area contributed by atoms with E-state index in [1.54, 1.807) is 14.1 Å². The molecule has 1 unspecified atom stereocenters. The normalized spacial score (nSPS) is 23.3. The highest BCUT2D eigenvalue weighted by atomic mass is 32.2. The maximum absolute atomic E-state index is 11.9. The minimum atomic E-state index is -3.17. The van der Waals surface area contributed by atoms with Gasteiger partial charge in [-0.1, -0.05) is 13.3 Å².